The molecule has 5 rings (SSSR count). The van der Waals surface area contributed by atoms with Crippen molar-refractivity contribution < 1.29 is 29.0 Å². The molecule has 1 aromatic carbocycles. The second kappa shape index (κ2) is 16.0. The van der Waals surface area contributed by atoms with Gasteiger partial charge in [-0.1, -0.05) is 48.5 Å². The van der Waals surface area contributed by atoms with Crippen molar-refractivity contribution in [1.82, 2.24) is 14.8 Å². The quantitative estimate of drug-likeness (QED) is 0.306. The number of aliphatic imine (C=N–C) groups is 1. The van der Waals surface area contributed by atoms with Gasteiger partial charge in [-0.15, -0.1) is 11.3 Å². The minimum Gasteiger partial charge on any atom is -0.468 e. The van der Waals surface area contributed by atoms with Crippen molar-refractivity contribution in [3.05, 3.63) is 61.7 Å². The lowest BCUT2D eigenvalue weighted by Gasteiger charge is -2.38. The van der Waals surface area contributed by atoms with Crippen molar-refractivity contribution in [1.29, 1.82) is 0 Å². The van der Waals surface area contributed by atoms with Crippen LogP contribution in [0, 0.1) is 5.92 Å². The molecular weight excluding hydrogens is 663 g/mol. The molecule has 1 aromatic heterocycles. The molecule has 13 heteroatoms. The lowest BCUT2D eigenvalue weighted by Crippen LogP contribution is -2.50. The Morgan fingerprint density at radius 3 is 2.34 bits per heavy atom. The largest absolute Gasteiger partial charge is 0.468 e. The number of esters is 2. The molecule has 0 radical (unpaired) electrons. The highest BCUT2D eigenvalue weighted by Crippen LogP contribution is 2.46. The van der Waals surface area contributed by atoms with Gasteiger partial charge >= 0.3 is 11.9 Å². The number of piperazine rings is 1. The smallest absolute Gasteiger partial charge is 0.336 e. The summed E-state index contributed by atoms with van der Waals surface area (Å²) in [6.07, 6.45) is 8.15. The number of benzene rings is 1. The molecule has 0 spiro atoms. The number of aryl methyl sites for hydroxylation is 1. The fraction of sp³-hybridized carbons (Fsp3) is 0.559. The number of aromatic nitrogens is 1. The summed E-state index contributed by atoms with van der Waals surface area (Å²) in [4.78, 5) is 54.2. The van der Waals surface area contributed by atoms with Gasteiger partial charge < -0.3 is 19.5 Å². The predicted octanol–water partition coefficient (Wildman–Crippen LogP) is 5.46. The van der Waals surface area contributed by atoms with E-state index in [-0.39, 0.29) is 33.6 Å². The van der Waals surface area contributed by atoms with Crippen molar-refractivity contribution in [3.8, 4) is 0 Å². The Bertz CT molecular complexity index is 1480. The Hall–Kier alpha value is -2.83. The average molecular weight is 706 g/mol. The van der Waals surface area contributed by atoms with Crippen molar-refractivity contribution in [3.63, 3.8) is 0 Å². The van der Waals surface area contributed by atoms with Crippen molar-refractivity contribution in [2.45, 2.75) is 69.3 Å². The van der Waals surface area contributed by atoms with Gasteiger partial charge in [0.1, 0.15) is 5.92 Å². The first-order chi connectivity index (χ1) is 22.6. The number of carbonyl (C=O) groups is 3. The van der Waals surface area contributed by atoms with Crippen LogP contribution < -0.4 is 0 Å². The summed E-state index contributed by atoms with van der Waals surface area (Å²) in [5.74, 6) is -3.55. The molecule has 1 N–H and O–H groups in total. The number of ether oxygens (including phenoxy) is 2. The van der Waals surface area contributed by atoms with Gasteiger partial charge in [0.05, 0.1) is 42.5 Å². The first kappa shape index (κ1) is 35.5. The van der Waals surface area contributed by atoms with Crippen LogP contribution in [0.4, 0.5) is 0 Å². The van der Waals surface area contributed by atoms with Gasteiger partial charge in [0.15, 0.2) is 0 Å². The average Bonchev–Trinajstić information content (AvgIpc) is 3.60. The highest BCUT2D eigenvalue weighted by atomic mass is 35.5. The second-order valence-corrected chi connectivity index (χ2v) is 14.2. The zero-order valence-electron chi connectivity index (χ0n) is 26.9. The van der Waals surface area contributed by atoms with E-state index in [1.165, 1.54) is 32.0 Å². The first-order valence-corrected chi connectivity index (χ1v) is 17.8. The van der Waals surface area contributed by atoms with E-state index in [1.807, 2.05) is 5.38 Å². The molecule has 1 aliphatic carbocycles. The SMILES string of the molecule is COC(=O)C1=C(CC(=O)N2CCN(CCC3(O)CCCCC3)CC2)N=C(CCc2nccs2)C(C(=O)OC)C1c1c(Cl)cccc1Cl. The summed E-state index contributed by atoms with van der Waals surface area (Å²) in [6.45, 7) is 3.20. The summed E-state index contributed by atoms with van der Waals surface area (Å²) in [7, 11) is 2.53. The molecule has 2 aliphatic heterocycles. The number of carbonyl (C=O) groups excluding carboxylic acids is 3. The van der Waals surface area contributed by atoms with Crippen LogP contribution >= 0.6 is 34.5 Å². The van der Waals surface area contributed by atoms with Crippen LogP contribution in [0.25, 0.3) is 0 Å². The minimum atomic E-state index is -1.03. The maximum Gasteiger partial charge on any atom is 0.336 e. The van der Waals surface area contributed by atoms with Crippen LogP contribution in [0.3, 0.4) is 0 Å². The standard InChI is InChI=1S/C34H42Cl2N4O6S/c1-45-32(42)29-24(9-10-26-37-14-20-47-26)38-25(30(33(43)46-2)31(29)28-22(35)7-6-8-23(28)36)21-27(41)40-18-16-39(17-19-40)15-13-34(44)11-4-3-5-12-34/h6-8,14,20,29,31,44H,3-5,9-13,15-19,21H2,1-2H3. The highest BCUT2D eigenvalue weighted by molar-refractivity contribution is 7.09. The molecule has 1 amide bonds. The lowest BCUT2D eigenvalue weighted by atomic mass is 9.74. The third-order valence-corrected chi connectivity index (χ3v) is 11.1. The summed E-state index contributed by atoms with van der Waals surface area (Å²) >= 11 is 14.9. The number of thiazole rings is 1. The Morgan fingerprint density at radius 2 is 1.72 bits per heavy atom. The second-order valence-electron chi connectivity index (χ2n) is 12.4. The highest BCUT2D eigenvalue weighted by Gasteiger charge is 2.46. The normalized spacial score (nSPS) is 21.7. The molecular formula is C34H42Cl2N4O6S. The number of hydrogen-bond donors (Lipinski definition) is 1. The van der Waals surface area contributed by atoms with Gasteiger partial charge in [0.25, 0.3) is 0 Å². The van der Waals surface area contributed by atoms with Crippen LogP contribution in [-0.2, 0) is 30.3 Å². The molecule has 3 aliphatic rings. The fourth-order valence-electron chi connectivity index (χ4n) is 6.97. The van der Waals surface area contributed by atoms with E-state index in [1.54, 1.807) is 29.3 Å². The number of hydrogen-bond acceptors (Lipinski definition) is 10. The molecule has 0 bridgehead atoms. The van der Waals surface area contributed by atoms with E-state index in [9.17, 15) is 19.5 Å². The Labute approximate surface area is 289 Å². The number of methoxy groups -OCH3 is 2. The maximum absolute atomic E-state index is 13.8. The Balaban J connectivity index is 1.43. The van der Waals surface area contributed by atoms with Gasteiger partial charge in [0.2, 0.25) is 5.91 Å². The number of amides is 1. The summed E-state index contributed by atoms with van der Waals surface area (Å²) in [6, 6.07) is 4.97. The van der Waals surface area contributed by atoms with Crippen LogP contribution in [0.15, 0.2) is 46.0 Å². The van der Waals surface area contributed by atoms with Crippen LogP contribution in [0.2, 0.25) is 10.0 Å². The Kier molecular flexibility index (Phi) is 12.1. The zero-order valence-corrected chi connectivity index (χ0v) is 29.2. The van der Waals surface area contributed by atoms with Gasteiger partial charge in [0, 0.05) is 72.4 Å². The van der Waals surface area contributed by atoms with Gasteiger partial charge in [-0.3, -0.25) is 19.5 Å². The van der Waals surface area contributed by atoms with Crippen molar-refractivity contribution in [2.24, 2.45) is 10.9 Å². The van der Waals surface area contributed by atoms with Crippen molar-refractivity contribution >= 4 is 58.1 Å². The first-order valence-electron chi connectivity index (χ1n) is 16.2. The molecule has 1 saturated carbocycles. The van der Waals surface area contributed by atoms with E-state index in [0.717, 1.165) is 43.7 Å². The topological polar surface area (TPSA) is 122 Å². The van der Waals surface area contributed by atoms with Crippen LogP contribution in [0.1, 0.15) is 67.9 Å². The summed E-state index contributed by atoms with van der Waals surface area (Å²) in [5, 5.41) is 14.2. The van der Waals surface area contributed by atoms with Gasteiger partial charge in [-0.05, 0) is 43.4 Å². The number of halogens is 2. The molecule has 3 heterocycles. The molecule has 2 fully saturated rings. The molecule has 254 valence electrons. The molecule has 2 unspecified atom stereocenters. The van der Waals surface area contributed by atoms with E-state index in [0.29, 0.717) is 50.3 Å². The molecule has 1 saturated heterocycles. The van der Waals surface area contributed by atoms with E-state index in [2.05, 4.69) is 9.88 Å². The minimum absolute atomic E-state index is 0.0589. The van der Waals surface area contributed by atoms with Crippen molar-refractivity contribution in [2.75, 3.05) is 46.9 Å². The third-order valence-electron chi connectivity index (χ3n) is 9.56. The van der Waals surface area contributed by atoms with Gasteiger partial charge in [-0.25, -0.2) is 9.78 Å². The van der Waals surface area contributed by atoms with E-state index >= 15 is 0 Å². The number of nitrogens with zero attached hydrogens (tertiary/aromatic N) is 4. The molecule has 10 nitrogen and oxygen atoms in total. The van der Waals surface area contributed by atoms with E-state index in [4.69, 9.17) is 37.7 Å². The number of rotatable bonds is 11. The maximum atomic E-state index is 13.8. The van der Waals surface area contributed by atoms with Gasteiger partial charge in [-0.2, -0.15) is 0 Å². The summed E-state index contributed by atoms with van der Waals surface area (Å²) < 4.78 is 10.5. The summed E-state index contributed by atoms with van der Waals surface area (Å²) in [5.41, 5.74) is 0.518. The fourth-order valence-corrected chi connectivity index (χ4v) is 8.23. The third kappa shape index (κ3) is 8.43. The molecule has 2 aromatic rings. The Morgan fingerprint density at radius 1 is 1.02 bits per heavy atom. The number of aliphatic hydroxyl groups is 1. The molecule has 2 atom stereocenters. The molecule has 47 heavy (non-hydrogen) atoms. The monoisotopic (exact) mass is 704 g/mol. The predicted molar refractivity (Wildman–Crippen MR) is 182 cm³/mol. The van der Waals surface area contributed by atoms with Crippen LogP contribution in [-0.4, -0.2) is 96.0 Å². The van der Waals surface area contributed by atoms with E-state index < -0.39 is 29.4 Å². The lowest BCUT2D eigenvalue weighted by molar-refractivity contribution is -0.143. The zero-order chi connectivity index (χ0) is 33.6. The van der Waals surface area contributed by atoms with Crippen LogP contribution in [0.5, 0.6) is 0 Å².